The van der Waals surface area contributed by atoms with Crippen molar-refractivity contribution in [3.63, 3.8) is 0 Å². The molecular formula is C28H29FN2O5. The lowest BCUT2D eigenvalue weighted by Gasteiger charge is -2.34. The highest BCUT2D eigenvalue weighted by molar-refractivity contribution is 6.11. The number of nitrogens with one attached hydrogen (secondary N) is 1. The SMILES string of the molecule is COc1ccccc1N(C(=O)c1ccc2c(c1)OCCO2)[C@H](C(=O)NC(C)(C)C)c1ccc(F)cc1. The number of methoxy groups -OCH3 is 1. The predicted molar refractivity (Wildman–Crippen MR) is 134 cm³/mol. The van der Waals surface area contributed by atoms with E-state index in [-0.39, 0.29) is 0 Å². The van der Waals surface area contributed by atoms with Crippen LogP contribution in [0.2, 0.25) is 0 Å². The second-order valence-corrected chi connectivity index (χ2v) is 9.40. The molecule has 1 aliphatic heterocycles. The Balaban J connectivity index is 1.89. The second kappa shape index (κ2) is 10.3. The van der Waals surface area contributed by atoms with Crippen LogP contribution in [0.3, 0.4) is 0 Å². The Bertz CT molecular complexity index is 1250. The number of carbonyl (C=O) groups is 2. The number of halogens is 1. The summed E-state index contributed by atoms with van der Waals surface area (Å²) in [6, 6.07) is 16.3. The summed E-state index contributed by atoms with van der Waals surface area (Å²) in [6.45, 7) is 6.34. The number of ether oxygens (including phenoxy) is 3. The molecule has 1 aliphatic rings. The zero-order valence-corrected chi connectivity index (χ0v) is 20.7. The van der Waals surface area contributed by atoms with Gasteiger partial charge in [0.2, 0.25) is 5.91 Å². The quantitative estimate of drug-likeness (QED) is 0.529. The van der Waals surface area contributed by atoms with Gasteiger partial charge in [-0.25, -0.2) is 4.39 Å². The summed E-state index contributed by atoms with van der Waals surface area (Å²) in [5.74, 6) is 0.0577. The van der Waals surface area contributed by atoms with E-state index in [4.69, 9.17) is 14.2 Å². The average Bonchev–Trinajstić information content (AvgIpc) is 2.86. The molecule has 0 radical (unpaired) electrons. The summed E-state index contributed by atoms with van der Waals surface area (Å²) in [7, 11) is 1.49. The third-order valence-electron chi connectivity index (χ3n) is 5.54. The molecule has 0 aromatic heterocycles. The van der Waals surface area contributed by atoms with Gasteiger partial charge in [-0.3, -0.25) is 14.5 Å². The highest BCUT2D eigenvalue weighted by Crippen LogP contribution is 2.38. The summed E-state index contributed by atoms with van der Waals surface area (Å²) in [5, 5.41) is 2.96. The van der Waals surface area contributed by atoms with Crippen LogP contribution in [0, 0.1) is 5.82 Å². The van der Waals surface area contributed by atoms with E-state index >= 15 is 0 Å². The number of hydrogen-bond donors (Lipinski definition) is 1. The molecule has 4 rings (SSSR count). The fraction of sp³-hybridized carbons (Fsp3) is 0.286. The Morgan fingerprint density at radius 3 is 2.31 bits per heavy atom. The van der Waals surface area contributed by atoms with Gasteiger partial charge in [-0.05, 0) is 68.8 Å². The van der Waals surface area contributed by atoms with Crippen molar-refractivity contribution in [1.82, 2.24) is 5.32 Å². The zero-order valence-electron chi connectivity index (χ0n) is 20.7. The van der Waals surface area contributed by atoms with Crippen molar-refractivity contribution in [2.24, 2.45) is 0 Å². The van der Waals surface area contributed by atoms with Gasteiger partial charge in [-0.2, -0.15) is 0 Å². The van der Waals surface area contributed by atoms with Crippen LogP contribution in [0.15, 0.2) is 66.7 Å². The molecule has 1 heterocycles. The molecule has 0 spiro atoms. The number of fused-ring (bicyclic) bond motifs is 1. The number of hydrogen-bond acceptors (Lipinski definition) is 5. The maximum atomic E-state index is 14.2. The lowest BCUT2D eigenvalue weighted by atomic mass is 9.99. The molecule has 0 fully saturated rings. The molecule has 0 saturated carbocycles. The molecule has 0 saturated heterocycles. The number of benzene rings is 3. The van der Waals surface area contributed by atoms with E-state index in [2.05, 4.69) is 5.32 Å². The number of amides is 2. The monoisotopic (exact) mass is 492 g/mol. The van der Waals surface area contributed by atoms with Gasteiger partial charge in [0, 0.05) is 11.1 Å². The largest absolute Gasteiger partial charge is 0.495 e. The maximum Gasteiger partial charge on any atom is 0.259 e. The van der Waals surface area contributed by atoms with E-state index in [0.717, 1.165) is 0 Å². The fourth-order valence-corrected chi connectivity index (χ4v) is 4.01. The molecule has 2 amide bonds. The first-order valence-electron chi connectivity index (χ1n) is 11.6. The fourth-order valence-electron chi connectivity index (χ4n) is 4.01. The number of para-hydroxylation sites is 2. The van der Waals surface area contributed by atoms with E-state index in [9.17, 15) is 14.0 Å². The standard InChI is InChI=1S/C28H29FN2O5/c1-28(2,3)30-26(32)25(18-9-12-20(29)13-10-18)31(21-7-5-6-8-22(21)34-4)27(33)19-11-14-23-24(17-19)36-16-15-35-23/h5-14,17,25H,15-16H2,1-4H3,(H,30,32)/t25-/m0/s1. The lowest BCUT2D eigenvalue weighted by molar-refractivity contribution is -0.123. The first-order chi connectivity index (χ1) is 17.2. The maximum absolute atomic E-state index is 14.2. The van der Waals surface area contributed by atoms with Gasteiger partial charge in [0.15, 0.2) is 11.5 Å². The van der Waals surface area contributed by atoms with E-state index in [1.54, 1.807) is 42.5 Å². The van der Waals surface area contributed by atoms with Crippen LogP contribution < -0.4 is 24.4 Å². The Morgan fingerprint density at radius 1 is 0.972 bits per heavy atom. The van der Waals surface area contributed by atoms with Gasteiger partial charge in [-0.15, -0.1) is 0 Å². The molecule has 0 bridgehead atoms. The highest BCUT2D eigenvalue weighted by atomic mass is 19.1. The number of rotatable bonds is 6. The minimum absolute atomic E-state index is 0.292. The molecule has 7 nitrogen and oxygen atoms in total. The number of anilines is 1. The van der Waals surface area contributed by atoms with Crippen molar-refractivity contribution in [3.8, 4) is 17.2 Å². The van der Waals surface area contributed by atoms with Crippen molar-refractivity contribution in [2.45, 2.75) is 32.4 Å². The normalized spacial score (nSPS) is 13.5. The average molecular weight is 493 g/mol. The molecule has 3 aromatic carbocycles. The summed E-state index contributed by atoms with van der Waals surface area (Å²) >= 11 is 0. The Kier molecular flexibility index (Phi) is 7.15. The van der Waals surface area contributed by atoms with E-state index in [0.29, 0.717) is 47.3 Å². The first kappa shape index (κ1) is 25.0. The van der Waals surface area contributed by atoms with Gasteiger partial charge in [0.25, 0.3) is 5.91 Å². The van der Waals surface area contributed by atoms with Crippen LogP contribution in [0.25, 0.3) is 0 Å². The topological polar surface area (TPSA) is 77.1 Å². The third kappa shape index (κ3) is 5.43. The Hall–Kier alpha value is -4.07. The zero-order chi connectivity index (χ0) is 25.9. The number of nitrogens with zero attached hydrogens (tertiary/aromatic N) is 1. The number of carbonyl (C=O) groups excluding carboxylic acids is 2. The highest BCUT2D eigenvalue weighted by Gasteiger charge is 2.36. The summed E-state index contributed by atoms with van der Waals surface area (Å²) in [4.78, 5) is 29.3. The van der Waals surface area contributed by atoms with Crippen molar-refractivity contribution in [3.05, 3.63) is 83.7 Å². The van der Waals surface area contributed by atoms with Crippen LogP contribution >= 0.6 is 0 Å². The summed E-state index contributed by atoms with van der Waals surface area (Å²) in [6.07, 6.45) is 0. The molecule has 1 N–H and O–H groups in total. The summed E-state index contributed by atoms with van der Waals surface area (Å²) < 4.78 is 30.6. The van der Waals surface area contributed by atoms with Crippen molar-refractivity contribution in [2.75, 3.05) is 25.2 Å². The molecule has 36 heavy (non-hydrogen) atoms. The van der Waals surface area contributed by atoms with Crippen LogP contribution in [0.5, 0.6) is 17.2 Å². The van der Waals surface area contributed by atoms with Crippen molar-refractivity contribution >= 4 is 17.5 Å². The molecule has 8 heteroatoms. The van der Waals surface area contributed by atoms with Crippen LogP contribution in [-0.2, 0) is 4.79 Å². The summed E-state index contributed by atoms with van der Waals surface area (Å²) in [5.41, 5.74) is 0.538. The minimum Gasteiger partial charge on any atom is -0.495 e. The predicted octanol–water partition coefficient (Wildman–Crippen LogP) is 4.91. The Labute approximate surface area is 209 Å². The second-order valence-electron chi connectivity index (χ2n) is 9.40. The first-order valence-corrected chi connectivity index (χ1v) is 11.6. The molecule has 3 aromatic rings. The lowest BCUT2D eigenvalue weighted by Crippen LogP contribution is -2.49. The minimum atomic E-state index is -1.12. The van der Waals surface area contributed by atoms with Gasteiger partial charge in [0.1, 0.15) is 30.8 Å². The smallest absolute Gasteiger partial charge is 0.259 e. The van der Waals surface area contributed by atoms with E-state index < -0.39 is 29.2 Å². The third-order valence-corrected chi connectivity index (χ3v) is 5.54. The van der Waals surface area contributed by atoms with Gasteiger partial charge in [-0.1, -0.05) is 24.3 Å². The van der Waals surface area contributed by atoms with Crippen molar-refractivity contribution < 1.29 is 28.2 Å². The molecule has 188 valence electrons. The van der Waals surface area contributed by atoms with Crippen molar-refractivity contribution in [1.29, 1.82) is 0 Å². The van der Waals surface area contributed by atoms with Gasteiger partial charge < -0.3 is 19.5 Å². The van der Waals surface area contributed by atoms with Crippen LogP contribution in [-0.4, -0.2) is 37.7 Å². The van der Waals surface area contributed by atoms with Crippen LogP contribution in [0.1, 0.15) is 42.7 Å². The van der Waals surface area contributed by atoms with E-state index in [1.807, 2.05) is 20.8 Å². The molecular weight excluding hydrogens is 463 g/mol. The molecule has 0 aliphatic carbocycles. The molecule has 0 unspecified atom stereocenters. The van der Waals surface area contributed by atoms with Gasteiger partial charge >= 0.3 is 0 Å². The van der Waals surface area contributed by atoms with Gasteiger partial charge in [0.05, 0.1) is 12.8 Å². The van der Waals surface area contributed by atoms with E-state index in [1.165, 1.54) is 36.3 Å². The molecule has 1 atom stereocenters. The Morgan fingerprint density at radius 2 is 1.64 bits per heavy atom. The van der Waals surface area contributed by atoms with Crippen LogP contribution in [0.4, 0.5) is 10.1 Å².